The van der Waals surface area contributed by atoms with Crippen molar-refractivity contribution in [3.63, 3.8) is 0 Å². The first kappa shape index (κ1) is 23.0. The molecular weight excluding hydrogens is 451 g/mol. The molecule has 0 amide bonds. The first-order valence-corrected chi connectivity index (χ1v) is 12.9. The largest absolute Gasteiger partial charge is 0.420 e. The molecule has 6 rings (SSSR count). The van der Waals surface area contributed by atoms with Gasteiger partial charge in [0.05, 0.1) is 11.2 Å². The minimum Gasteiger partial charge on any atom is -0.360 e. The number of aromatic nitrogens is 3. The third-order valence-corrected chi connectivity index (χ3v) is 8.44. The van der Waals surface area contributed by atoms with Crippen molar-refractivity contribution in [2.24, 2.45) is 11.8 Å². The van der Waals surface area contributed by atoms with Crippen LogP contribution in [0, 0.1) is 11.8 Å². The van der Waals surface area contributed by atoms with Gasteiger partial charge in [-0.15, -0.1) is 10.2 Å². The van der Waals surface area contributed by atoms with Crippen molar-refractivity contribution in [2.75, 3.05) is 0 Å². The zero-order valence-corrected chi connectivity index (χ0v) is 20.4. The standard InChI is InChI=1S/C28H32F3N3O/c1-26(2)21-5-3-4-6-22(21)27(35-26)14-11-18(12-15-27)9-10-20-13-16-34-23(17-19-7-8-19)32-33-25(34)24(20)28(29,30)31/h3-6,13,16,18-19H,7-12,14-15,17H2,1-2H3. The SMILES string of the molecule is CC1(C)OC2(CCC(CCc3ccn4c(CC5CC5)nnc4c3C(F)(F)F)CC2)c2ccccc21. The van der Waals surface area contributed by atoms with Crippen LogP contribution in [0.3, 0.4) is 0 Å². The molecule has 2 aromatic heterocycles. The summed E-state index contributed by atoms with van der Waals surface area (Å²) in [7, 11) is 0. The van der Waals surface area contributed by atoms with Gasteiger partial charge in [0.25, 0.3) is 0 Å². The van der Waals surface area contributed by atoms with Crippen LogP contribution in [0.4, 0.5) is 13.2 Å². The third-order valence-electron chi connectivity index (χ3n) is 8.44. The third kappa shape index (κ3) is 4.05. The molecule has 2 fully saturated rings. The molecule has 2 saturated carbocycles. The van der Waals surface area contributed by atoms with Gasteiger partial charge in [0.2, 0.25) is 0 Å². The molecule has 35 heavy (non-hydrogen) atoms. The first-order chi connectivity index (χ1) is 16.7. The molecule has 0 atom stereocenters. The Bertz CT molecular complexity index is 1250. The first-order valence-electron chi connectivity index (χ1n) is 12.9. The number of halogens is 3. The summed E-state index contributed by atoms with van der Waals surface area (Å²) < 4.78 is 50.6. The quantitative estimate of drug-likeness (QED) is 0.393. The van der Waals surface area contributed by atoms with Gasteiger partial charge in [0.1, 0.15) is 11.4 Å². The summed E-state index contributed by atoms with van der Waals surface area (Å²) in [5.74, 6) is 1.56. The van der Waals surface area contributed by atoms with Gasteiger partial charge in [-0.3, -0.25) is 4.40 Å². The van der Waals surface area contributed by atoms with Gasteiger partial charge >= 0.3 is 6.18 Å². The van der Waals surface area contributed by atoms with Gasteiger partial charge in [0.15, 0.2) is 5.65 Å². The van der Waals surface area contributed by atoms with Crippen molar-refractivity contribution in [3.05, 3.63) is 64.6 Å². The highest BCUT2D eigenvalue weighted by molar-refractivity contribution is 5.53. The fourth-order valence-electron chi connectivity index (χ4n) is 6.45. The molecule has 2 aliphatic carbocycles. The fraction of sp³-hybridized carbons (Fsp3) is 0.571. The van der Waals surface area contributed by atoms with Crippen molar-refractivity contribution < 1.29 is 17.9 Å². The van der Waals surface area contributed by atoms with Crippen LogP contribution in [0.15, 0.2) is 36.5 Å². The van der Waals surface area contributed by atoms with Crippen LogP contribution < -0.4 is 0 Å². The minimum absolute atomic E-state index is 0.0496. The topological polar surface area (TPSA) is 39.4 Å². The van der Waals surface area contributed by atoms with Crippen molar-refractivity contribution in [2.45, 2.75) is 89.0 Å². The second kappa shape index (κ2) is 8.05. The number of benzene rings is 1. The lowest BCUT2D eigenvalue weighted by Gasteiger charge is -2.39. The molecule has 0 bridgehead atoms. The summed E-state index contributed by atoms with van der Waals surface area (Å²) in [5, 5.41) is 8.09. The van der Waals surface area contributed by atoms with E-state index in [4.69, 9.17) is 4.74 Å². The van der Waals surface area contributed by atoms with Crippen LogP contribution in [0.5, 0.6) is 0 Å². The lowest BCUT2D eigenvalue weighted by atomic mass is 9.73. The van der Waals surface area contributed by atoms with Gasteiger partial charge in [-0.1, -0.05) is 24.3 Å². The van der Waals surface area contributed by atoms with E-state index in [2.05, 4.69) is 48.3 Å². The van der Waals surface area contributed by atoms with Crippen LogP contribution >= 0.6 is 0 Å². The lowest BCUT2D eigenvalue weighted by Crippen LogP contribution is -2.34. The molecule has 1 aliphatic heterocycles. The molecule has 3 aliphatic rings. The van der Waals surface area contributed by atoms with Gasteiger partial charge in [-0.05, 0) is 99.8 Å². The van der Waals surface area contributed by atoms with Crippen molar-refractivity contribution >= 4 is 5.65 Å². The molecule has 1 aromatic carbocycles. The lowest BCUT2D eigenvalue weighted by molar-refractivity contribution is -0.147. The molecule has 3 heterocycles. The van der Waals surface area contributed by atoms with E-state index in [1.807, 2.05) is 0 Å². The summed E-state index contributed by atoms with van der Waals surface area (Å²) in [4.78, 5) is 0. The van der Waals surface area contributed by atoms with Crippen LogP contribution in [0.1, 0.15) is 86.9 Å². The summed E-state index contributed by atoms with van der Waals surface area (Å²) in [5.41, 5.74) is 1.66. The number of ether oxygens (including phenoxy) is 1. The van der Waals surface area contributed by atoms with Gasteiger partial charge < -0.3 is 4.74 Å². The van der Waals surface area contributed by atoms with E-state index in [1.54, 1.807) is 16.7 Å². The van der Waals surface area contributed by atoms with Crippen LogP contribution in [-0.4, -0.2) is 14.6 Å². The normalized spacial score (nSPS) is 25.9. The predicted molar refractivity (Wildman–Crippen MR) is 127 cm³/mol. The zero-order valence-electron chi connectivity index (χ0n) is 20.4. The molecule has 186 valence electrons. The number of fused-ring (bicyclic) bond motifs is 3. The number of hydrogen-bond acceptors (Lipinski definition) is 3. The highest BCUT2D eigenvalue weighted by Gasteiger charge is 2.50. The molecule has 4 nitrogen and oxygen atoms in total. The fourth-order valence-corrected chi connectivity index (χ4v) is 6.45. The van der Waals surface area contributed by atoms with Gasteiger partial charge in [0, 0.05) is 12.6 Å². The Balaban J connectivity index is 1.18. The highest BCUT2D eigenvalue weighted by atomic mass is 19.4. The van der Waals surface area contributed by atoms with Crippen molar-refractivity contribution in [1.29, 1.82) is 0 Å². The Hall–Kier alpha value is -2.41. The van der Waals surface area contributed by atoms with Crippen LogP contribution in [0.2, 0.25) is 0 Å². The monoisotopic (exact) mass is 483 g/mol. The molecule has 0 unspecified atom stereocenters. The van der Waals surface area contributed by atoms with E-state index in [-0.39, 0.29) is 16.8 Å². The molecule has 7 heteroatoms. The van der Waals surface area contributed by atoms with E-state index < -0.39 is 11.7 Å². The minimum atomic E-state index is -4.45. The second-order valence-corrected chi connectivity index (χ2v) is 11.3. The summed E-state index contributed by atoms with van der Waals surface area (Å²) >= 11 is 0. The molecule has 3 aromatic rings. The zero-order chi connectivity index (χ0) is 24.4. The summed E-state index contributed by atoms with van der Waals surface area (Å²) in [6.45, 7) is 4.25. The Labute approximate surface area is 203 Å². The molecular formula is C28H32F3N3O. The Kier molecular flexibility index (Phi) is 5.30. The Morgan fingerprint density at radius 3 is 2.37 bits per heavy atom. The number of hydrogen-bond donors (Lipinski definition) is 0. The number of nitrogens with zero attached hydrogens (tertiary/aromatic N) is 3. The van der Waals surface area contributed by atoms with Crippen LogP contribution in [0.25, 0.3) is 5.65 Å². The number of alkyl halides is 3. The number of pyridine rings is 1. The Morgan fingerprint density at radius 2 is 1.69 bits per heavy atom. The van der Waals surface area contributed by atoms with E-state index in [0.717, 1.165) is 44.9 Å². The number of aryl methyl sites for hydroxylation is 1. The van der Waals surface area contributed by atoms with E-state index in [0.29, 0.717) is 36.1 Å². The van der Waals surface area contributed by atoms with Gasteiger partial charge in [-0.2, -0.15) is 13.2 Å². The number of rotatable bonds is 5. The second-order valence-electron chi connectivity index (χ2n) is 11.3. The summed E-state index contributed by atoms with van der Waals surface area (Å²) in [6.07, 6.45) is 5.12. The van der Waals surface area contributed by atoms with Gasteiger partial charge in [-0.25, -0.2) is 0 Å². The maximum atomic E-state index is 14.1. The smallest absolute Gasteiger partial charge is 0.360 e. The van der Waals surface area contributed by atoms with Crippen molar-refractivity contribution in [1.82, 2.24) is 14.6 Å². The van der Waals surface area contributed by atoms with E-state index in [9.17, 15) is 13.2 Å². The highest BCUT2D eigenvalue weighted by Crippen LogP contribution is 2.54. The molecule has 0 saturated heterocycles. The molecule has 0 N–H and O–H groups in total. The average Bonchev–Trinajstić information content (AvgIpc) is 3.50. The summed E-state index contributed by atoms with van der Waals surface area (Å²) in [6, 6.07) is 10.1. The average molecular weight is 484 g/mol. The molecule has 1 spiro atoms. The maximum Gasteiger partial charge on any atom is 0.420 e. The van der Waals surface area contributed by atoms with Crippen LogP contribution in [-0.2, 0) is 35.0 Å². The maximum absolute atomic E-state index is 14.1. The van der Waals surface area contributed by atoms with E-state index >= 15 is 0 Å². The predicted octanol–water partition coefficient (Wildman–Crippen LogP) is 6.98. The van der Waals surface area contributed by atoms with Crippen molar-refractivity contribution in [3.8, 4) is 0 Å². The van der Waals surface area contributed by atoms with E-state index in [1.165, 1.54) is 11.1 Å². The Morgan fingerprint density at radius 1 is 0.971 bits per heavy atom. The molecule has 0 radical (unpaired) electrons.